The Labute approximate surface area is 184 Å². The first-order valence-corrected chi connectivity index (χ1v) is 10.1. The molecule has 2 N–H and O–H groups in total. The maximum absolute atomic E-state index is 12.7. The van der Waals surface area contributed by atoms with Crippen molar-refractivity contribution in [2.75, 3.05) is 19.0 Å². The molecule has 0 aliphatic rings. The smallest absolute Gasteiger partial charge is 0.325 e. The summed E-state index contributed by atoms with van der Waals surface area (Å²) in [5, 5.41) is 6.73. The molecule has 0 bridgehead atoms. The topological polar surface area (TPSA) is 84.5 Å². The molecule has 2 aromatic carbocycles. The highest BCUT2D eigenvalue weighted by molar-refractivity contribution is 7.21. The van der Waals surface area contributed by atoms with Gasteiger partial charge in [-0.05, 0) is 30.3 Å². The molecule has 10 heteroatoms. The Balaban J connectivity index is 1.80. The number of amides is 2. The highest BCUT2D eigenvalue weighted by Crippen LogP contribution is 2.41. The minimum Gasteiger partial charge on any atom is -0.468 e. The third kappa shape index (κ3) is 4.82. The second-order valence-electron chi connectivity index (χ2n) is 5.80. The van der Waals surface area contributed by atoms with E-state index in [1.807, 2.05) is 0 Å². The summed E-state index contributed by atoms with van der Waals surface area (Å²) in [6.07, 6.45) is 0. The Morgan fingerprint density at radius 1 is 1.07 bits per heavy atom. The molecule has 0 aliphatic heterocycles. The molecular weight excluding hydrogens is 459 g/mol. The number of carbonyl (C=O) groups is 3. The third-order valence-electron chi connectivity index (χ3n) is 3.86. The minimum absolute atomic E-state index is 0.233. The molecule has 0 spiro atoms. The summed E-state index contributed by atoms with van der Waals surface area (Å²) in [5.74, 6) is -1.50. The summed E-state index contributed by atoms with van der Waals surface area (Å²) < 4.78 is 5.16. The van der Waals surface area contributed by atoms with Crippen molar-refractivity contribution < 1.29 is 19.1 Å². The van der Waals surface area contributed by atoms with Crippen molar-refractivity contribution in [3.63, 3.8) is 0 Å². The molecule has 1 aromatic heterocycles. The van der Waals surface area contributed by atoms with Crippen molar-refractivity contribution in [1.29, 1.82) is 0 Å². The van der Waals surface area contributed by atoms with Gasteiger partial charge in [0.2, 0.25) is 0 Å². The number of thiophene rings is 1. The summed E-state index contributed by atoms with van der Waals surface area (Å²) in [6, 6.07) is 9.50. The van der Waals surface area contributed by atoms with Crippen LogP contribution in [-0.2, 0) is 9.53 Å². The Kier molecular flexibility index (Phi) is 6.64. The third-order valence-corrected chi connectivity index (χ3v) is 6.00. The van der Waals surface area contributed by atoms with Crippen LogP contribution >= 0.6 is 46.1 Å². The van der Waals surface area contributed by atoms with E-state index in [1.165, 1.54) is 13.2 Å². The molecule has 150 valence electrons. The van der Waals surface area contributed by atoms with Crippen LogP contribution in [0.3, 0.4) is 0 Å². The fraction of sp³-hybridized carbons (Fsp3) is 0.105. The second kappa shape index (κ2) is 9.00. The van der Waals surface area contributed by atoms with E-state index < -0.39 is 17.8 Å². The molecule has 0 saturated heterocycles. The van der Waals surface area contributed by atoms with E-state index in [-0.39, 0.29) is 22.0 Å². The molecule has 0 saturated carbocycles. The number of rotatable bonds is 5. The number of methoxy groups -OCH3 is 1. The summed E-state index contributed by atoms with van der Waals surface area (Å²) in [6.45, 7) is -0.257. The predicted octanol–water partition coefficient (Wildman–Crippen LogP) is 5.02. The number of esters is 1. The first-order chi connectivity index (χ1) is 13.8. The molecule has 0 unspecified atom stereocenters. The van der Waals surface area contributed by atoms with E-state index in [2.05, 4.69) is 15.4 Å². The Morgan fingerprint density at radius 3 is 2.55 bits per heavy atom. The molecule has 0 fully saturated rings. The monoisotopic (exact) mass is 470 g/mol. The van der Waals surface area contributed by atoms with Crippen molar-refractivity contribution >= 4 is 79.7 Å². The summed E-state index contributed by atoms with van der Waals surface area (Å²) in [4.78, 5) is 36.3. The van der Waals surface area contributed by atoms with Crippen molar-refractivity contribution in [2.45, 2.75) is 0 Å². The van der Waals surface area contributed by atoms with Crippen molar-refractivity contribution in [3.05, 3.63) is 61.9 Å². The van der Waals surface area contributed by atoms with Gasteiger partial charge < -0.3 is 15.4 Å². The van der Waals surface area contributed by atoms with Gasteiger partial charge in [0.15, 0.2) is 0 Å². The number of benzene rings is 2. The lowest BCUT2D eigenvalue weighted by Gasteiger charge is -2.07. The van der Waals surface area contributed by atoms with Gasteiger partial charge in [0.25, 0.3) is 11.8 Å². The molecule has 3 rings (SSSR count). The molecule has 29 heavy (non-hydrogen) atoms. The lowest BCUT2D eigenvalue weighted by atomic mass is 10.2. The van der Waals surface area contributed by atoms with Crippen LogP contribution < -0.4 is 10.6 Å². The molecule has 0 atom stereocenters. The van der Waals surface area contributed by atoms with E-state index in [4.69, 9.17) is 34.8 Å². The van der Waals surface area contributed by atoms with E-state index in [0.29, 0.717) is 25.8 Å². The van der Waals surface area contributed by atoms with Crippen molar-refractivity contribution in [2.24, 2.45) is 0 Å². The van der Waals surface area contributed by atoms with Crippen LogP contribution in [0.1, 0.15) is 20.0 Å². The van der Waals surface area contributed by atoms with Gasteiger partial charge in [-0.25, -0.2) is 0 Å². The molecular formula is C19H13Cl3N2O4S. The van der Waals surface area contributed by atoms with Gasteiger partial charge in [0, 0.05) is 26.4 Å². The zero-order valence-corrected chi connectivity index (χ0v) is 17.9. The number of ether oxygens (including phenoxy) is 1. The van der Waals surface area contributed by atoms with Crippen LogP contribution in [0.25, 0.3) is 10.1 Å². The number of fused-ring (bicyclic) bond motifs is 1. The van der Waals surface area contributed by atoms with E-state index >= 15 is 0 Å². The number of hydrogen-bond acceptors (Lipinski definition) is 5. The molecule has 1 heterocycles. The molecule has 3 aromatic rings. The van der Waals surface area contributed by atoms with Gasteiger partial charge in [-0.15, -0.1) is 11.3 Å². The molecule has 6 nitrogen and oxygen atoms in total. The Bertz CT molecular complexity index is 1130. The Hall–Kier alpha value is -2.32. The number of carbonyl (C=O) groups excluding carboxylic acids is 3. The number of hydrogen-bond donors (Lipinski definition) is 2. The van der Waals surface area contributed by atoms with E-state index in [1.54, 1.807) is 30.3 Å². The van der Waals surface area contributed by atoms with E-state index in [9.17, 15) is 14.4 Å². The maximum atomic E-state index is 12.7. The van der Waals surface area contributed by atoms with Gasteiger partial charge in [-0.2, -0.15) is 0 Å². The number of anilines is 1. The normalized spacial score (nSPS) is 10.6. The number of halogens is 3. The highest BCUT2D eigenvalue weighted by atomic mass is 35.5. The van der Waals surface area contributed by atoms with Crippen LogP contribution in [-0.4, -0.2) is 31.4 Å². The van der Waals surface area contributed by atoms with Crippen LogP contribution in [0.4, 0.5) is 5.69 Å². The zero-order chi connectivity index (χ0) is 21.1. The largest absolute Gasteiger partial charge is 0.468 e. The van der Waals surface area contributed by atoms with Gasteiger partial charge >= 0.3 is 5.97 Å². The Morgan fingerprint density at radius 2 is 1.83 bits per heavy atom. The first kappa shape index (κ1) is 21.4. The zero-order valence-electron chi connectivity index (χ0n) is 14.8. The first-order valence-electron chi connectivity index (χ1n) is 8.13. The summed E-state index contributed by atoms with van der Waals surface area (Å²) in [7, 11) is 1.23. The van der Waals surface area contributed by atoms with Gasteiger partial charge in [0.05, 0.1) is 17.2 Å². The predicted molar refractivity (Wildman–Crippen MR) is 116 cm³/mol. The van der Waals surface area contributed by atoms with Crippen LogP contribution in [0.2, 0.25) is 15.1 Å². The average Bonchev–Trinajstić information content (AvgIpc) is 3.02. The SMILES string of the molecule is COC(=O)CNC(=O)c1cccc(NC(=O)c2sc3cc(Cl)cc(Cl)c3c2Cl)c1. The maximum Gasteiger partial charge on any atom is 0.325 e. The second-order valence-corrected chi connectivity index (χ2v) is 8.07. The summed E-state index contributed by atoms with van der Waals surface area (Å²) in [5.41, 5.74) is 0.655. The molecule has 0 aliphatic carbocycles. The number of nitrogens with one attached hydrogen (secondary N) is 2. The minimum atomic E-state index is -0.569. The van der Waals surface area contributed by atoms with Crippen molar-refractivity contribution in [3.8, 4) is 0 Å². The lowest BCUT2D eigenvalue weighted by molar-refractivity contribution is -0.139. The lowest BCUT2D eigenvalue weighted by Crippen LogP contribution is -2.30. The fourth-order valence-corrected chi connectivity index (χ4v) is 4.78. The molecule has 0 radical (unpaired) electrons. The van der Waals surface area contributed by atoms with Gasteiger partial charge in [-0.1, -0.05) is 40.9 Å². The van der Waals surface area contributed by atoms with Gasteiger partial charge in [0.1, 0.15) is 11.4 Å². The fourth-order valence-electron chi connectivity index (χ4n) is 2.51. The summed E-state index contributed by atoms with van der Waals surface area (Å²) >= 11 is 19.7. The van der Waals surface area contributed by atoms with Crippen LogP contribution in [0.5, 0.6) is 0 Å². The van der Waals surface area contributed by atoms with Crippen LogP contribution in [0.15, 0.2) is 36.4 Å². The van der Waals surface area contributed by atoms with Crippen molar-refractivity contribution in [1.82, 2.24) is 5.32 Å². The average molecular weight is 472 g/mol. The highest BCUT2D eigenvalue weighted by Gasteiger charge is 2.20. The van der Waals surface area contributed by atoms with E-state index in [0.717, 1.165) is 11.3 Å². The van der Waals surface area contributed by atoms with Crippen LogP contribution in [0, 0.1) is 0 Å². The standard InChI is InChI=1S/C19H13Cl3N2O4S/c1-28-14(25)8-23-18(26)9-3-2-4-11(5-9)24-19(27)17-16(22)15-12(21)6-10(20)7-13(15)29-17/h2-7H,8H2,1H3,(H,23,26)(H,24,27). The quantitative estimate of drug-likeness (QED) is 0.512. The van der Waals surface area contributed by atoms with Gasteiger partial charge in [-0.3, -0.25) is 14.4 Å². The molecule has 2 amide bonds.